The van der Waals surface area contributed by atoms with Crippen molar-refractivity contribution in [1.82, 2.24) is 0 Å². The van der Waals surface area contributed by atoms with Gasteiger partial charge in [-0.3, -0.25) is 4.79 Å². The Morgan fingerprint density at radius 3 is 2.62 bits per heavy atom. The standard InChI is InChI=1S/C22H27NO3/c1-13(24)25-18-10-15(21(2,3)4)11-19-20(18)16-9-14(12-23)7-8-17(16)22(5,6)26-19/h7,10-11,16-17H,8-9H2,1-6H3. The molecule has 138 valence electrons. The van der Waals surface area contributed by atoms with E-state index in [1.54, 1.807) is 0 Å². The van der Waals surface area contributed by atoms with Gasteiger partial charge in [0.15, 0.2) is 0 Å². The quantitative estimate of drug-likeness (QED) is 0.525. The van der Waals surface area contributed by atoms with Gasteiger partial charge in [-0.05, 0) is 49.8 Å². The maximum Gasteiger partial charge on any atom is 0.308 e. The van der Waals surface area contributed by atoms with E-state index in [1.165, 1.54) is 6.92 Å². The Morgan fingerprint density at radius 1 is 1.35 bits per heavy atom. The average Bonchev–Trinajstić information content (AvgIpc) is 2.51. The molecular weight excluding hydrogens is 326 g/mol. The number of hydrogen-bond donors (Lipinski definition) is 0. The van der Waals surface area contributed by atoms with Gasteiger partial charge in [-0.15, -0.1) is 0 Å². The number of rotatable bonds is 1. The summed E-state index contributed by atoms with van der Waals surface area (Å²) < 4.78 is 12.0. The largest absolute Gasteiger partial charge is 0.487 e. The van der Waals surface area contributed by atoms with Crippen molar-refractivity contribution in [3.63, 3.8) is 0 Å². The molecule has 2 atom stereocenters. The van der Waals surface area contributed by atoms with Crippen LogP contribution in [-0.4, -0.2) is 11.6 Å². The van der Waals surface area contributed by atoms with Gasteiger partial charge in [-0.2, -0.15) is 5.26 Å². The maximum atomic E-state index is 11.7. The summed E-state index contributed by atoms with van der Waals surface area (Å²) in [5.41, 5.74) is 2.34. The molecule has 0 spiro atoms. The van der Waals surface area contributed by atoms with Crippen LogP contribution in [0.15, 0.2) is 23.8 Å². The molecule has 0 fully saturated rings. The molecule has 26 heavy (non-hydrogen) atoms. The van der Waals surface area contributed by atoms with Crippen LogP contribution in [0, 0.1) is 17.2 Å². The molecular formula is C22H27NO3. The lowest BCUT2D eigenvalue weighted by Gasteiger charge is -2.47. The van der Waals surface area contributed by atoms with Gasteiger partial charge in [-0.25, -0.2) is 0 Å². The summed E-state index contributed by atoms with van der Waals surface area (Å²) in [5.74, 6) is 1.36. The minimum absolute atomic E-state index is 0.0986. The number of esters is 1. The van der Waals surface area contributed by atoms with Gasteiger partial charge in [0, 0.05) is 29.9 Å². The first kappa shape index (κ1) is 18.5. The predicted molar refractivity (Wildman–Crippen MR) is 100 cm³/mol. The number of nitriles is 1. The number of nitrogens with zero attached hydrogens (tertiary/aromatic N) is 1. The van der Waals surface area contributed by atoms with Crippen LogP contribution >= 0.6 is 0 Å². The summed E-state index contributed by atoms with van der Waals surface area (Å²) in [7, 11) is 0. The van der Waals surface area contributed by atoms with Crippen LogP contribution in [0.5, 0.6) is 11.5 Å². The third kappa shape index (κ3) is 3.23. The van der Waals surface area contributed by atoms with Crippen LogP contribution in [0.2, 0.25) is 0 Å². The van der Waals surface area contributed by atoms with Crippen molar-refractivity contribution in [3.05, 3.63) is 34.9 Å². The summed E-state index contributed by atoms with van der Waals surface area (Å²) in [6.07, 6.45) is 3.47. The molecule has 0 aromatic heterocycles. The second-order valence-corrected chi connectivity index (χ2v) is 8.93. The Hall–Kier alpha value is -2.28. The lowest BCUT2D eigenvalue weighted by Crippen LogP contribution is -2.45. The number of benzene rings is 1. The van der Waals surface area contributed by atoms with Crippen LogP contribution < -0.4 is 9.47 Å². The fourth-order valence-electron chi connectivity index (χ4n) is 4.14. The summed E-state index contributed by atoms with van der Waals surface area (Å²) in [6.45, 7) is 12.0. The molecule has 2 aliphatic rings. The predicted octanol–water partition coefficient (Wildman–Crippen LogP) is 5.02. The SMILES string of the molecule is CC(=O)Oc1cc(C(C)(C)C)cc2c1C1CC(C#N)=CCC1C(C)(C)O2. The Morgan fingerprint density at radius 2 is 2.04 bits per heavy atom. The van der Waals surface area contributed by atoms with Crippen molar-refractivity contribution < 1.29 is 14.3 Å². The minimum Gasteiger partial charge on any atom is -0.487 e. The van der Waals surface area contributed by atoms with Crippen molar-refractivity contribution >= 4 is 5.97 Å². The zero-order valence-electron chi connectivity index (χ0n) is 16.5. The van der Waals surface area contributed by atoms with Gasteiger partial charge < -0.3 is 9.47 Å². The lowest BCUT2D eigenvalue weighted by atomic mass is 9.66. The van der Waals surface area contributed by atoms with Gasteiger partial charge >= 0.3 is 5.97 Å². The van der Waals surface area contributed by atoms with E-state index >= 15 is 0 Å². The van der Waals surface area contributed by atoms with E-state index in [-0.39, 0.29) is 28.8 Å². The molecule has 0 amide bonds. The summed E-state index contributed by atoms with van der Waals surface area (Å²) in [5, 5.41) is 9.39. The number of allylic oxidation sites excluding steroid dienone is 2. The first-order valence-electron chi connectivity index (χ1n) is 9.18. The lowest BCUT2D eigenvalue weighted by molar-refractivity contribution is -0.132. The highest BCUT2D eigenvalue weighted by molar-refractivity contribution is 5.71. The van der Waals surface area contributed by atoms with Gasteiger partial charge in [0.2, 0.25) is 0 Å². The van der Waals surface area contributed by atoms with Crippen LogP contribution in [0.3, 0.4) is 0 Å². The molecule has 1 aliphatic carbocycles. The summed E-state index contributed by atoms with van der Waals surface area (Å²) in [6, 6.07) is 6.34. The monoisotopic (exact) mass is 353 g/mol. The van der Waals surface area contributed by atoms with E-state index in [1.807, 2.05) is 12.1 Å². The second-order valence-electron chi connectivity index (χ2n) is 8.93. The number of fused-ring (bicyclic) bond motifs is 3. The molecule has 0 saturated carbocycles. The third-order valence-corrected chi connectivity index (χ3v) is 5.55. The first-order valence-corrected chi connectivity index (χ1v) is 9.18. The smallest absolute Gasteiger partial charge is 0.308 e. The van der Waals surface area contributed by atoms with Crippen molar-refractivity contribution in [3.8, 4) is 17.6 Å². The van der Waals surface area contributed by atoms with E-state index in [4.69, 9.17) is 9.47 Å². The zero-order chi connectivity index (χ0) is 19.3. The van der Waals surface area contributed by atoms with E-state index in [0.29, 0.717) is 12.2 Å². The third-order valence-electron chi connectivity index (χ3n) is 5.55. The number of ether oxygens (including phenoxy) is 2. The topological polar surface area (TPSA) is 59.3 Å². The molecule has 4 heteroatoms. The van der Waals surface area contributed by atoms with Gasteiger partial charge in [0.05, 0.1) is 6.07 Å². The van der Waals surface area contributed by atoms with Crippen LogP contribution in [0.1, 0.15) is 71.4 Å². The first-order chi connectivity index (χ1) is 12.0. The van der Waals surface area contributed by atoms with E-state index in [2.05, 4.69) is 46.8 Å². The van der Waals surface area contributed by atoms with Crippen LogP contribution in [0.4, 0.5) is 0 Å². The van der Waals surface area contributed by atoms with Crippen molar-refractivity contribution in [2.24, 2.45) is 5.92 Å². The van der Waals surface area contributed by atoms with Crippen molar-refractivity contribution in [2.75, 3.05) is 0 Å². The highest BCUT2D eigenvalue weighted by Crippen LogP contribution is 2.55. The van der Waals surface area contributed by atoms with Crippen LogP contribution in [-0.2, 0) is 10.2 Å². The normalized spacial score (nSPS) is 23.7. The Balaban J connectivity index is 2.22. The Labute approximate surface area is 155 Å². The molecule has 3 rings (SSSR count). The molecule has 0 saturated heterocycles. The van der Waals surface area contributed by atoms with E-state index < -0.39 is 0 Å². The molecule has 1 heterocycles. The van der Waals surface area contributed by atoms with Crippen molar-refractivity contribution in [2.45, 2.75) is 71.3 Å². The minimum atomic E-state index is -0.348. The molecule has 0 bridgehead atoms. The molecule has 1 aromatic rings. The number of hydrogen-bond acceptors (Lipinski definition) is 4. The number of carbonyl (C=O) groups excluding carboxylic acids is 1. The Kier molecular flexibility index (Phi) is 4.38. The molecule has 2 unspecified atom stereocenters. The number of carbonyl (C=O) groups is 1. The zero-order valence-corrected chi connectivity index (χ0v) is 16.5. The highest BCUT2D eigenvalue weighted by Gasteiger charge is 2.46. The van der Waals surface area contributed by atoms with Crippen molar-refractivity contribution in [1.29, 1.82) is 5.26 Å². The van der Waals surface area contributed by atoms with Crippen LogP contribution in [0.25, 0.3) is 0 Å². The highest BCUT2D eigenvalue weighted by atomic mass is 16.5. The van der Waals surface area contributed by atoms with Gasteiger partial charge in [0.25, 0.3) is 0 Å². The Bertz CT molecular complexity index is 821. The molecule has 0 N–H and O–H groups in total. The summed E-state index contributed by atoms with van der Waals surface area (Å²) in [4.78, 5) is 11.7. The second kappa shape index (κ2) is 6.16. The van der Waals surface area contributed by atoms with E-state index in [0.717, 1.165) is 28.9 Å². The fraction of sp³-hybridized carbons (Fsp3) is 0.545. The molecule has 1 aliphatic heterocycles. The van der Waals surface area contributed by atoms with E-state index in [9.17, 15) is 10.1 Å². The molecule has 0 radical (unpaired) electrons. The molecule has 1 aromatic carbocycles. The fourth-order valence-corrected chi connectivity index (χ4v) is 4.14. The van der Waals surface area contributed by atoms with Gasteiger partial charge in [-0.1, -0.05) is 26.8 Å². The summed E-state index contributed by atoms with van der Waals surface area (Å²) >= 11 is 0. The maximum absolute atomic E-state index is 11.7. The average molecular weight is 353 g/mol. The van der Waals surface area contributed by atoms with Gasteiger partial charge in [0.1, 0.15) is 17.1 Å². The molecule has 4 nitrogen and oxygen atoms in total.